The third kappa shape index (κ3) is 4.39. The van der Waals surface area contributed by atoms with E-state index in [1.807, 2.05) is 7.05 Å². The summed E-state index contributed by atoms with van der Waals surface area (Å²) in [5.74, 6) is 0.766. The number of carbonyl (C=O) groups excluding carboxylic acids is 1. The third-order valence-corrected chi connectivity index (χ3v) is 3.95. The molecule has 1 saturated heterocycles. The van der Waals surface area contributed by atoms with Crippen LogP contribution >= 0.6 is 11.8 Å². The van der Waals surface area contributed by atoms with Crippen molar-refractivity contribution >= 4 is 17.8 Å². The fourth-order valence-electron chi connectivity index (χ4n) is 1.93. The molecule has 7 nitrogen and oxygen atoms in total. The van der Waals surface area contributed by atoms with Gasteiger partial charge in [0, 0.05) is 38.6 Å². The predicted octanol–water partition coefficient (Wildman–Crippen LogP) is 0.717. The van der Waals surface area contributed by atoms with Gasteiger partial charge in [-0.3, -0.25) is 5.10 Å². The average Bonchev–Trinajstić information content (AvgIpc) is 2.96. The molecule has 0 aliphatic carbocycles. The molecule has 0 radical (unpaired) electrons. The number of ether oxygens (including phenoxy) is 1. The van der Waals surface area contributed by atoms with Crippen LogP contribution in [0, 0.1) is 0 Å². The lowest BCUT2D eigenvalue weighted by molar-refractivity contribution is 0.0527. The zero-order valence-corrected chi connectivity index (χ0v) is 11.8. The highest BCUT2D eigenvalue weighted by Crippen LogP contribution is 2.13. The van der Waals surface area contributed by atoms with E-state index in [1.54, 1.807) is 4.90 Å². The van der Waals surface area contributed by atoms with E-state index in [4.69, 9.17) is 4.74 Å². The molecule has 0 saturated carbocycles. The molecule has 2 N–H and O–H groups in total. The van der Waals surface area contributed by atoms with E-state index in [2.05, 4.69) is 20.5 Å². The van der Waals surface area contributed by atoms with Crippen LogP contribution in [0.15, 0.2) is 11.5 Å². The molecular weight excluding hydrogens is 266 g/mol. The molecule has 2 rings (SSSR count). The average molecular weight is 285 g/mol. The Morgan fingerprint density at radius 2 is 2.42 bits per heavy atom. The van der Waals surface area contributed by atoms with E-state index >= 15 is 0 Å². The number of nitrogens with one attached hydrogen (secondary N) is 2. The van der Waals surface area contributed by atoms with Gasteiger partial charge in [0.25, 0.3) is 0 Å². The van der Waals surface area contributed by atoms with E-state index in [1.165, 1.54) is 18.1 Å². The van der Waals surface area contributed by atoms with Crippen LogP contribution in [0.5, 0.6) is 0 Å². The Morgan fingerprint density at radius 1 is 1.63 bits per heavy atom. The molecule has 8 heteroatoms. The Kier molecular flexibility index (Phi) is 5.46. The fourth-order valence-corrected chi connectivity index (χ4v) is 2.57. The monoisotopic (exact) mass is 285 g/mol. The van der Waals surface area contributed by atoms with Crippen molar-refractivity contribution < 1.29 is 9.53 Å². The van der Waals surface area contributed by atoms with E-state index in [9.17, 15) is 4.79 Å². The fraction of sp³-hybridized carbons (Fsp3) is 0.727. The number of amides is 2. The highest BCUT2D eigenvalue weighted by Gasteiger charge is 2.21. The first kappa shape index (κ1) is 14.1. The maximum atomic E-state index is 11.9. The lowest BCUT2D eigenvalue weighted by Gasteiger charge is -2.31. The molecule has 0 bridgehead atoms. The molecule has 2 heterocycles. The normalized spacial score (nSPS) is 16.3. The molecule has 1 aromatic heterocycles. The van der Waals surface area contributed by atoms with Gasteiger partial charge in [0.15, 0.2) is 5.16 Å². The summed E-state index contributed by atoms with van der Waals surface area (Å²) >= 11 is 1.53. The zero-order chi connectivity index (χ0) is 13.5. The molecule has 1 aromatic rings. The minimum atomic E-state index is -0.0231. The summed E-state index contributed by atoms with van der Waals surface area (Å²) in [6, 6.07) is 0.265. The number of H-pyrrole nitrogens is 1. The van der Waals surface area contributed by atoms with Crippen molar-refractivity contribution in [2.24, 2.45) is 0 Å². The molecule has 1 fully saturated rings. The highest BCUT2D eigenvalue weighted by atomic mass is 32.2. The van der Waals surface area contributed by atoms with Crippen LogP contribution in [0.3, 0.4) is 0 Å². The number of thioether (sulfide) groups is 1. The number of hydrogen-bond acceptors (Lipinski definition) is 5. The van der Waals surface area contributed by atoms with Crippen molar-refractivity contribution in [1.29, 1.82) is 0 Å². The van der Waals surface area contributed by atoms with Crippen molar-refractivity contribution in [2.45, 2.75) is 24.0 Å². The Bertz CT molecular complexity index is 380. The van der Waals surface area contributed by atoms with Crippen LogP contribution in [0.1, 0.15) is 12.8 Å². The van der Waals surface area contributed by atoms with Crippen LogP contribution in [-0.2, 0) is 4.74 Å². The van der Waals surface area contributed by atoms with Crippen molar-refractivity contribution in [3.63, 3.8) is 0 Å². The van der Waals surface area contributed by atoms with Gasteiger partial charge < -0.3 is 15.0 Å². The van der Waals surface area contributed by atoms with Crippen LogP contribution in [0.25, 0.3) is 0 Å². The van der Waals surface area contributed by atoms with Gasteiger partial charge in [-0.05, 0) is 12.8 Å². The molecule has 2 amide bonds. The molecule has 0 atom stereocenters. The SMILES string of the molecule is CN(C(=O)NCCSc1ncn[nH]1)C1CCOCC1. The number of rotatable bonds is 5. The van der Waals surface area contributed by atoms with Gasteiger partial charge in [-0.2, -0.15) is 5.10 Å². The summed E-state index contributed by atoms with van der Waals surface area (Å²) in [4.78, 5) is 17.7. The third-order valence-electron chi connectivity index (χ3n) is 3.07. The lowest BCUT2D eigenvalue weighted by atomic mass is 10.1. The van der Waals surface area contributed by atoms with Crippen LogP contribution in [0.4, 0.5) is 4.79 Å². The van der Waals surface area contributed by atoms with E-state index in [0.29, 0.717) is 6.54 Å². The summed E-state index contributed by atoms with van der Waals surface area (Å²) in [5, 5.41) is 10.2. The molecule has 106 valence electrons. The molecule has 0 spiro atoms. The van der Waals surface area contributed by atoms with Gasteiger partial charge in [-0.25, -0.2) is 9.78 Å². The summed E-state index contributed by atoms with van der Waals surface area (Å²) in [7, 11) is 1.84. The number of aromatic nitrogens is 3. The second kappa shape index (κ2) is 7.34. The largest absolute Gasteiger partial charge is 0.381 e. The molecule has 19 heavy (non-hydrogen) atoms. The number of nitrogens with zero attached hydrogens (tertiary/aromatic N) is 3. The summed E-state index contributed by atoms with van der Waals surface area (Å²) in [6.45, 7) is 2.09. The summed E-state index contributed by atoms with van der Waals surface area (Å²) in [6.07, 6.45) is 3.30. The Hall–Kier alpha value is -1.28. The van der Waals surface area contributed by atoms with E-state index in [0.717, 1.165) is 37.0 Å². The van der Waals surface area contributed by atoms with Gasteiger partial charge in [0.05, 0.1) is 0 Å². The molecular formula is C11H19N5O2S. The summed E-state index contributed by atoms with van der Waals surface area (Å²) < 4.78 is 5.29. The second-order valence-corrected chi connectivity index (χ2v) is 5.41. The highest BCUT2D eigenvalue weighted by molar-refractivity contribution is 7.99. The Balaban J connectivity index is 1.63. The van der Waals surface area contributed by atoms with Gasteiger partial charge in [-0.1, -0.05) is 11.8 Å². The Labute approximate surface area is 116 Å². The minimum Gasteiger partial charge on any atom is -0.381 e. The van der Waals surface area contributed by atoms with Gasteiger partial charge in [0.1, 0.15) is 6.33 Å². The smallest absolute Gasteiger partial charge is 0.317 e. The van der Waals surface area contributed by atoms with Crippen LogP contribution in [-0.4, -0.2) is 64.7 Å². The molecule has 1 aliphatic rings. The maximum absolute atomic E-state index is 11.9. The molecule has 0 aromatic carbocycles. The number of aromatic amines is 1. The standard InChI is InChI=1S/C11H19N5O2S/c1-16(9-2-5-18-6-3-9)11(17)12-4-7-19-10-13-8-14-15-10/h8-9H,2-7H2,1H3,(H,12,17)(H,13,14,15). The summed E-state index contributed by atoms with van der Waals surface area (Å²) in [5.41, 5.74) is 0. The van der Waals surface area contributed by atoms with Crippen molar-refractivity contribution in [3.8, 4) is 0 Å². The number of carbonyl (C=O) groups is 1. The number of urea groups is 1. The van der Waals surface area contributed by atoms with Crippen LogP contribution in [0.2, 0.25) is 0 Å². The predicted molar refractivity (Wildman–Crippen MR) is 72.1 cm³/mol. The Morgan fingerprint density at radius 3 is 3.11 bits per heavy atom. The first-order chi connectivity index (χ1) is 9.27. The molecule has 1 aliphatic heterocycles. The number of hydrogen-bond donors (Lipinski definition) is 2. The maximum Gasteiger partial charge on any atom is 0.317 e. The van der Waals surface area contributed by atoms with Crippen molar-refractivity contribution in [2.75, 3.05) is 32.6 Å². The first-order valence-electron chi connectivity index (χ1n) is 6.34. The zero-order valence-electron chi connectivity index (χ0n) is 11.0. The van der Waals surface area contributed by atoms with Gasteiger partial charge >= 0.3 is 6.03 Å². The second-order valence-electron chi connectivity index (χ2n) is 4.33. The van der Waals surface area contributed by atoms with Gasteiger partial charge in [-0.15, -0.1) is 0 Å². The van der Waals surface area contributed by atoms with Crippen molar-refractivity contribution in [1.82, 2.24) is 25.4 Å². The van der Waals surface area contributed by atoms with Crippen LogP contribution < -0.4 is 5.32 Å². The first-order valence-corrected chi connectivity index (χ1v) is 7.32. The quantitative estimate of drug-likeness (QED) is 0.615. The van der Waals surface area contributed by atoms with Gasteiger partial charge in [0.2, 0.25) is 0 Å². The molecule has 0 unspecified atom stereocenters. The lowest BCUT2D eigenvalue weighted by Crippen LogP contribution is -2.46. The van der Waals surface area contributed by atoms with E-state index in [-0.39, 0.29) is 12.1 Å². The minimum absolute atomic E-state index is 0.0231. The van der Waals surface area contributed by atoms with Crippen molar-refractivity contribution in [3.05, 3.63) is 6.33 Å². The topological polar surface area (TPSA) is 83.1 Å². The van der Waals surface area contributed by atoms with E-state index < -0.39 is 0 Å².